The summed E-state index contributed by atoms with van der Waals surface area (Å²) in [5.74, 6) is -0.0760. The Bertz CT molecular complexity index is 999. The molecular formula is C22H21F3N4O. The molecule has 30 heavy (non-hydrogen) atoms. The third kappa shape index (κ3) is 4.32. The van der Waals surface area contributed by atoms with Crippen molar-refractivity contribution in [3.05, 3.63) is 78.1 Å². The van der Waals surface area contributed by atoms with Crippen LogP contribution in [0.25, 0.3) is 5.69 Å². The second-order valence-corrected chi connectivity index (χ2v) is 7.16. The van der Waals surface area contributed by atoms with Gasteiger partial charge in [-0.1, -0.05) is 18.2 Å². The van der Waals surface area contributed by atoms with Crippen molar-refractivity contribution in [2.45, 2.75) is 12.6 Å². The van der Waals surface area contributed by atoms with Crippen LogP contribution in [-0.2, 0) is 6.18 Å². The highest BCUT2D eigenvalue weighted by atomic mass is 19.4. The van der Waals surface area contributed by atoms with Crippen LogP contribution in [0, 0.1) is 0 Å². The molecule has 1 fully saturated rings. The first-order valence-electron chi connectivity index (χ1n) is 9.74. The van der Waals surface area contributed by atoms with Gasteiger partial charge in [0, 0.05) is 43.6 Å². The van der Waals surface area contributed by atoms with Crippen molar-refractivity contribution in [2.75, 3.05) is 31.1 Å². The summed E-state index contributed by atoms with van der Waals surface area (Å²) >= 11 is 0. The highest BCUT2D eigenvalue weighted by Gasteiger charge is 2.33. The topological polar surface area (TPSA) is 41.4 Å². The molecule has 1 saturated heterocycles. The lowest BCUT2D eigenvalue weighted by Crippen LogP contribution is -2.35. The van der Waals surface area contributed by atoms with Crippen LogP contribution in [0.5, 0.6) is 0 Å². The summed E-state index contributed by atoms with van der Waals surface area (Å²) in [5, 5.41) is 3.56. The number of rotatable bonds is 3. The largest absolute Gasteiger partial charge is 0.435 e. The molecule has 4 rings (SSSR count). The van der Waals surface area contributed by atoms with Crippen molar-refractivity contribution in [1.29, 1.82) is 0 Å². The maximum atomic E-state index is 12.9. The fourth-order valence-electron chi connectivity index (χ4n) is 3.58. The second kappa shape index (κ2) is 8.22. The van der Waals surface area contributed by atoms with E-state index >= 15 is 0 Å². The number of alkyl halides is 3. The van der Waals surface area contributed by atoms with Crippen LogP contribution in [0.4, 0.5) is 18.9 Å². The Balaban J connectivity index is 1.43. The number of halogens is 3. The quantitative estimate of drug-likeness (QED) is 0.644. The number of hydrogen-bond donors (Lipinski definition) is 0. The van der Waals surface area contributed by atoms with Crippen LogP contribution >= 0.6 is 0 Å². The van der Waals surface area contributed by atoms with Crippen molar-refractivity contribution < 1.29 is 18.0 Å². The molecule has 0 spiro atoms. The minimum Gasteiger partial charge on any atom is -0.370 e. The lowest BCUT2D eigenvalue weighted by molar-refractivity contribution is -0.141. The third-order valence-corrected chi connectivity index (χ3v) is 5.16. The maximum Gasteiger partial charge on any atom is 0.435 e. The predicted octanol–water partition coefficient (Wildman–Crippen LogP) is 4.24. The van der Waals surface area contributed by atoms with Gasteiger partial charge in [0.2, 0.25) is 0 Å². The molecule has 1 aliphatic rings. The SMILES string of the molecule is O=C(c1ccc(-n2ccc(C(F)(F)F)n2)cc1)N1CCCN(c2ccccc2)CC1. The number of carbonyl (C=O) groups is 1. The summed E-state index contributed by atoms with van der Waals surface area (Å²) in [6.45, 7) is 2.91. The van der Waals surface area contributed by atoms with Crippen molar-refractivity contribution in [1.82, 2.24) is 14.7 Å². The number of carbonyl (C=O) groups excluding carboxylic acids is 1. The van der Waals surface area contributed by atoms with Gasteiger partial charge < -0.3 is 9.80 Å². The summed E-state index contributed by atoms with van der Waals surface area (Å²) in [6.07, 6.45) is -2.36. The van der Waals surface area contributed by atoms with E-state index in [0.717, 1.165) is 35.9 Å². The van der Waals surface area contributed by atoms with E-state index in [4.69, 9.17) is 0 Å². The minimum atomic E-state index is -4.48. The number of amides is 1. The molecule has 5 nitrogen and oxygen atoms in total. The predicted molar refractivity (Wildman–Crippen MR) is 108 cm³/mol. The van der Waals surface area contributed by atoms with Crippen molar-refractivity contribution in [3.8, 4) is 5.69 Å². The molecule has 0 atom stereocenters. The second-order valence-electron chi connectivity index (χ2n) is 7.16. The van der Waals surface area contributed by atoms with Gasteiger partial charge in [0.05, 0.1) is 5.69 Å². The summed E-state index contributed by atoms with van der Waals surface area (Å²) in [5.41, 5.74) is 1.17. The molecular weight excluding hydrogens is 393 g/mol. The fraction of sp³-hybridized carbons (Fsp3) is 0.273. The Kier molecular flexibility index (Phi) is 5.48. The number of hydrogen-bond acceptors (Lipinski definition) is 3. The van der Waals surface area contributed by atoms with E-state index in [-0.39, 0.29) is 5.91 Å². The average molecular weight is 414 g/mol. The lowest BCUT2D eigenvalue weighted by atomic mass is 10.1. The monoisotopic (exact) mass is 414 g/mol. The van der Waals surface area contributed by atoms with E-state index < -0.39 is 11.9 Å². The molecule has 2 heterocycles. The normalized spacial score (nSPS) is 15.2. The summed E-state index contributed by atoms with van der Waals surface area (Å²) in [7, 11) is 0. The lowest BCUT2D eigenvalue weighted by Gasteiger charge is -2.23. The van der Waals surface area contributed by atoms with Gasteiger partial charge in [0.15, 0.2) is 5.69 Å². The Morgan fingerprint density at radius 3 is 2.23 bits per heavy atom. The van der Waals surface area contributed by atoms with Crippen LogP contribution in [0.3, 0.4) is 0 Å². The Morgan fingerprint density at radius 2 is 1.57 bits per heavy atom. The summed E-state index contributed by atoms with van der Waals surface area (Å²) in [4.78, 5) is 17.0. The van der Waals surface area contributed by atoms with E-state index in [9.17, 15) is 18.0 Å². The van der Waals surface area contributed by atoms with Crippen molar-refractivity contribution in [2.24, 2.45) is 0 Å². The number of para-hydroxylation sites is 1. The summed E-state index contributed by atoms with van der Waals surface area (Å²) < 4.78 is 39.4. The highest BCUT2D eigenvalue weighted by Crippen LogP contribution is 2.28. The number of nitrogens with zero attached hydrogens (tertiary/aromatic N) is 4. The number of benzene rings is 2. The van der Waals surface area contributed by atoms with Gasteiger partial charge in [-0.3, -0.25) is 4.79 Å². The zero-order chi connectivity index (χ0) is 21.1. The smallest absolute Gasteiger partial charge is 0.370 e. The van der Waals surface area contributed by atoms with Gasteiger partial charge in [0.1, 0.15) is 0 Å². The van der Waals surface area contributed by atoms with E-state index in [0.29, 0.717) is 24.3 Å². The van der Waals surface area contributed by atoms with Gasteiger partial charge in [0.25, 0.3) is 5.91 Å². The van der Waals surface area contributed by atoms with Crippen LogP contribution in [0.1, 0.15) is 22.5 Å². The first kappa shape index (κ1) is 20.0. The molecule has 8 heteroatoms. The molecule has 0 bridgehead atoms. The number of aromatic nitrogens is 2. The molecule has 1 aliphatic heterocycles. The fourth-order valence-corrected chi connectivity index (χ4v) is 3.58. The van der Waals surface area contributed by atoms with E-state index in [2.05, 4.69) is 22.1 Å². The van der Waals surface area contributed by atoms with Crippen LogP contribution in [0.2, 0.25) is 0 Å². The summed E-state index contributed by atoms with van der Waals surface area (Å²) in [6, 6.07) is 17.5. The van der Waals surface area contributed by atoms with Crippen molar-refractivity contribution in [3.63, 3.8) is 0 Å². The molecule has 0 N–H and O–H groups in total. The van der Waals surface area contributed by atoms with Gasteiger partial charge in [-0.25, -0.2) is 4.68 Å². The maximum absolute atomic E-state index is 12.9. The molecule has 0 saturated carbocycles. The van der Waals surface area contributed by atoms with Gasteiger partial charge in [-0.15, -0.1) is 0 Å². The zero-order valence-corrected chi connectivity index (χ0v) is 16.2. The van der Waals surface area contributed by atoms with Crippen LogP contribution in [0.15, 0.2) is 66.9 Å². The van der Waals surface area contributed by atoms with Gasteiger partial charge in [-0.2, -0.15) is 18.3 Å². The molecule has 0 radical (unpaired) electrons. The third-order valence-electron chi connectivity index (χ3n) is 5.16. The van der Waals surface area contributed by atoms with E-state index in [1.807, 2.05) is 23.1 Å². The Morgan fingerprint density at radius 1 is 0.833 bits per heavy atom. The molecule has 3 aromatic rings. The van der Waals surface area contributed by atoms with Gasteiger partial charge >= 0.3 is 6.18 Å². The number of anilines is 1. The molecule has 1 aromatic heterocycles. The van der Waals surface area contributed by atoms with Crippen LogP contribution in [-0.4, -0.2) is 46.8 Å². The Labute approximate surface area is 172 Å². The standard InChI is InChI=1S/C22H21F3N4O/c23-22(24,25)20-11-14-29(26-20)19-9-7-17(8-10-19)21(30)28-13-4-12-27(15-16-28)18-5-2-1-3-6-18/h1-3,5-11,14H,4,12-13,15-16H2. The molecule has 1 amide bonds. The first-order chi connectivity index (χ1) is 14.4. The average Bonchev–Trinajstić information content (AvgIpc) is 3.13. The van der Waals surface area contributed by atoms with E-state index in [1.165, 1.54) is 6.20 Å². The molecule has 156 valence electrons. The highest BCUT2D eigenvalue weighted by molar-refractivity contribution is 5.94. The molecule has 0 aliphatic carbocycles. The molecule has 2 aromatic carbocycles. The van der Waals surface area contributed by atoms with Crippen molar-refractivity contribution >= 4 is 11.6 Å². The van der Waals surface area contributed by atoms with E-state index in [1.54, 1.807) is 24.3 Å². The molecule has 0 unspecified atom stereocenters. The van der Waals surface area contributed by atoms with Gasteiger partial charge in [-0.05, 0) is 48.9 Å². The van der Waals surface area contributed by atoms with Crippen LogP contribution < -0.4 is 4.90 Å². The Hall–Kier alpha value is -3.29. The zero-order valence-electron chi connectivity index (χ0n) is 16.2. The minimum absolute atomic E-state index is 0.0760. The first-order valence-corrected chi connectivity index (χ1v) is 9.74.